The number of nitro benzene ring substituents is 1. The number of nitro groups is 1. The standard InChI is InChI=1S/C13H16N4O2/c18-17(19)12-7-5-11(6-8-12)10-15-16-13-4-2-1-3-9-14-13/h5-8,10H,1-4,9H2,(H,14,16)/b15-10-. The van der Waals surface area contributed by atoms with Crippen molar-refractivity contribution in [1.29, 1.82) is 0 Å². The number of nitrogens with zero attached hydrogens (tertiary/aromatic N) is 3. The Balaban J connectivity index is 1.91. The number of non-ortho nitro benzene ring substituents is 1. The third kappa shape index (κ3) is 4.17. The second-order valence-electron chi connectivity index (χ2n) is 4.36. The van der Waals surface area contributed by atoms with Crippen molar-refractivity contribution < 1.29 is 4.92 Å². The van der Waals surface area contributed by atoms with Crippen LogP contribution in [0, 0.1) is 10.1 Å². The maximum Gasteiger partial charge on any atom is 0.269 e. The van der Waals surface area contributed by atoms with E-state index in [1.165, 1.54) is 18.6 Å². The van der Waals surface area contributed by atoms with E-state index in [2.05, 4.69) is 15.5 Å². The van der Waals surface area contributed by atoms with Crippen LogP contribution in [0.2, 0.25) is 0 Å². The largest absolute Gasteiger partial charge is 0.271 e. The van der Waals surface area contributed by atoms with Crippen molar-refractivity contribution in [3.63, 3.8) is 0 Å². The molecule has 1 aliphatic rings. The van der Waals surface area contributed by atoms with E-state index in [0.29, 0.717) is 0 Å². The van der Waals surface area contributed by atoms with Gasteiger partial charge in [0.05, 0.1) is 11.1 Å². The highest BCUT2D eigenvalue weighted by Gasteiger charge is 2.03. The molecule has 100 valence electrons. The molecule has 0 fully saturated rings. The van der Waals surface area contributed by atoms with Gasteiger partial charge in [-0.05, 0) is 30.5 Å². The zero-order chi connectivity index (χ0) is 13.5. The molecular formula is C13H16N4O2. The molecule has 0 atom stereocenters. The Morgan fingerprint density at radius 1 is 1.26 bits per heavy atom. The fourth-order valence-electron chi connectivity index (χ4n) is 1.83. The van der Waals surface area contributed by atoms with Gasteiger partial charge in [0.25, 0.3) is 5.69 Å². The van der Waals surface area contributed by atoms with Crippen LogP contribution < -0.4 is 5.43 Å². The smallest absolute Gasteiger partial charge is 0.269 e. The van der Waals surface area contributed by atoms with E-state index in [1.807, 2.05) is 0 Å². The number of nitrogens with one attached hydrogen (secondary N) is 1. The average Bonchev–Trinajstić information content (AvgIpc) is 2.68. The Bertz CT molecular complexity index is 494. The minimum Gasteiger partial charge on any atom is -0.271 e. The highest BCUT2D eigenvalue weighted by molar-refractivity contribution is 5.85. The van der Waals surface area contributed by atoms with Gasteiger partial charge in [-0.2, -0.15) is 5.10 Å². The van der Waals surface area contributed by atoms with Crippen LogP contribution in [0.4, 0.5) is 5.69 Å². The molecule has 1 aliphatic heterocycles. The molecule has 0 radical (unpaired) electrons. The van der Waals surface area contributed by atoms with Crippen molar-refractivity contribution in [2.75, 3.05) is 6.54 Å². The van der Waals surface area contributed by atoms with E-state index in [-0.39, 0.29) is 5.69 Å². The summed E-state index contributed by atoms with van der Waals surface area (Å²) < 4.78 is 0. The fraction of sp³-hybridized carbons (Fsp3) is 0.385. The summed E-state index contributed by atoms with van der Waals surface area (Å²) >= 11 is 0. The first-order valence-electron chi connectivity index (χ1n) is 6.32. The van der Waals surface area contributed by atoms with Gasteiger partial charge in [0, 0.05) is 25.1 Å². The molecule has 0 aromatic heterocycles. The fourth-order valence-corrected chi connectivity index (χ4v) is 1.83. The molecule has 0 bridgehead atoms. The molecule has 0 saturated heterocycles. The van der Waals surface area contributed by atoms with Crippen molar-refractivity contribution in [2.24, 2.45) is 10.1 Å². The maximum absolute atomic E-state index is 10.5. The normalized spacial score (nSPS) is 15.9. The second-order valence-corrected chi connectivity index (χ2v) is 4.36. The molecule has 1 aromatic carbocycles. The first-order chi connectivity index (χ1) is 9.25. The third-order valence-electron chi connectivity index (χ3n) is 2.89. The Morgan fingerprint density at radius 2 is 2.05 bits per heavy atom. The van der Waals surface area contributed by atoms with Crippen molar-refractivity contribution in [2.45, 2.75) is 25.7 Å². The van der Waals surface area contributed by atoms with E-state index >= 15 is 0 Å². The lowest BCUT2D eigenvalue weighted by Gasteiger charge is -2.01. The molecule has 0 spiro atoms. The summed E-state index contributed by atoms with van der Waals surface area (Å²) in [6.07, 6.45) is 6.05. The number of hydrazone groups is 1. The van der Waals surface area contributed by atoms with Gasteiger partial charge in [0.2, 0.25) is 0 Å². The molecule has 1 N–H and O–H groups in total. The summed E-state index contributed by atoms with van der Waals surface area (Å²) in [5.74, 6) is 0.913. The van der Waals surface area contributed by atoms with Crippen LogP contribution >= 0.6 is 0 Å². The predicted octanol–water partition coefficient (Wildman–Crippen LogP) is 2.49. The molecule has 6 heteroatoms. The summed E-state index contributed by atoms with van der Waals surface area (Å²) in [6, 6.07) is 6.26. The van der Waals surface area contributed by atoms with Crippen LogP contribution in [0.3, 0.4) is 0 Å². The van der Waals surface area contributed by atoms with Crippen LogP contribution in [0.5, 0.6) is 0 Å². The molecule has 19 heavy (non-hydrogen) atoms. The minimum absolute atomic E-state index is 0.0817. The first-order valence-corrected chi connectivity index (χ1v) is 6.32. The van der Waals surface area contributed by atoms with Gasteiger partial charge in [-0.3, -0.25) is 20.5 Å². The zero-order valence-electron chi connectivity index (χ0n) is 10.6. The summed E-state index contributed by atoms with van der Waals surface area (Å²) in [5, 5.41) is 14.6. The number of hydrogen-bond acceptors (Lipinski definition) is 5. The van der Waals surface area contributed by atoms with Crippen molar-refractivity contribution >= 4 is 17.7 Å². The Hall–Kier alpha value is -2.24. The molecule has 0 saturated carbocycles. The molecule has 0 aliphatic carbocycles. The van der Waals surface area contributed by atoms with Gasteiger partial charge in [0.15, 0.2) is 0 Å². The predicted molar refractivity (Wildman–Crippen MR) is 74.6 cm³/mol. The lowest BCUT2D eigenvalue weighted by molar-refractivity contribution is -0.384. The lowest BCUT2D eigenvalue weighted by atomic mass is 10.2. The molecule has 0 unspecified atom stereocenters. The monoisotopic (exact) mass is 260 g/mol. The van der Waals surface area contributed by atoms with Crippen molar-refractivity contribution in [3.8, 4) is 0 Å². The molecule has 6 nitrogen and oxygen atoms in total. The van der Waals surface area contributed by atoms with Crippen LogP contribution in [0.25, 0.3) is 0 Å². The lowest BCUT2D eigenvalue weighted by Crippen LogP contribution is -2.17. The Kier molecular flexibility index (Phi) is 4.60. The molecule has 2 rings (SSSR count). The molecule has 0 amide bonds. The van der Waals surface area contributed by atoms with Gasteiger partial charge >= 0.3 is 0 Å². The highest BCUT2D eigenvalue weighted by Crippen LogP contribution is 2.10. The van der Waals surface area contributed by atoms with Crippen LogP contribution in [-0.4, -0.2) is 23.5 Å². The van der Waals surface area contributed by atoms with E-state index in [1.54, 1.807) is 18.3 Å². The summed E-state index contributed by atoms with van der Waals surface area (Å²) in [6.45, 7) is 0.857. The number of hydrogen-bond donors (Lipinski definition) is 1. The van der Waals surface area contributed by atoms with Crippen molar-refractivity contribution in [1.82, 2.24) is 5.43 Å². The van der Waals surface area contributed by atoms with Gasteiger partial charge in [0.1, 0.15) is 5.84 Å². The minimum atomic E-state index is -0.417. The molecule has 1 aromatic rings. The number of rotatable bonds is 3. The van der Waals surface area contributed by atoms with Crippen molar-refractivity contribution in [3.05, 3.63) is 39.9 Å². The van der Waals surface area contributed by atoms with Crippen LogP contribution in [0.15, 0.2) is 34.4 Å². The zero-order valence-corrected chi connectivity index (χ0v) is 10.6. The number of aliphatic imine (C=N–C) groups is 1. The van der Waals surface area contributed by atoms with E-state index in [9.17, 15) is 10.1 Å². The summed E-state index contributed by atoms with van der Waals surface area (Å²) in [7, 11) is 0. The Morgan fingerprint density at radius 3 is 2.79 bits per heavy atom. The number of amidine groups is 1. The SMILES string of the molecule is O=[N+]([O-])c1ccc(/C=N\NC2=NCCCCC2)cc1. The quantitative estimate of drug-likeness (QED) is 0.515. The van der Waals surface area contributed by atoms with E-state index < -0.39 is 4.92 Å². The topological polar surface area (TPSA) is 79.9 Å². The van der Waals surface area contributed by atoms with Crippen LogP contribution in [0.1, 0.15) is 31.2 Å². The first kappa shape index (κ1) is 13.2. The summed E-state index contributed by atoms with van der Waals surface area (Å²) in [4.78, 5) is 14.5. The average molecular weight is 260 g/mol. The van der Waals surface area contributed by atoms with Gasteiger partial charge in [-0.1, -0.05) is 6.42 Å². The van der Waals surface area contributed by atoms with Gasteiger partial charge in [-0.25, -0.2) is 0 Å². The number of benzene rings is 1. The van der Waals surface area contributed by atoms with Gasteiger partial charge in [-0.15, -0.1) is 0 Å². The molecular weight excluding hydrogens is 244 g/mol. The summed E-state index contributed by atoms with van der Waals surface area (Å²) in [5.41, 5.74) is 3.83. The third-order valence-corrected chi connectivity index (χ3v) is 2.89. The van der Waals surface area contributed by atoms with E-state index in [4.69, 9.17) is 0 Å². The second kappa shape index (κ2) is 6.63. The maximum atomic E-state index is 10.5. The highest BCUT2D eigenvalue weighted by atomic mass is 16.6. The van der Waals surface area contributed by atoms with E-state index in [0.717, 1.165) is 37.2 Å². The molecule has 1 heterocycles. The van der Waals surface area contributed by atoms with Crippen LogP contribution in [-0.2, 0) is 0 Å². The van der Waals surface area contributed by atoms with Gasteiger partial charge < -0.3 is 0 Å². The Labute approximate surface area is 111 Å².